The second-order valence-electron chi connectivity index (χ2n) is 9.74. The van der Waals surface area contributed by atoms with Crippen LogP contribution in [0.25, 0.3) is 0 Å². The average Bonchev–Trinajstić information content (AvgIpc) is 2.51. The van der Waals surface area contributed by atoms with E-state index in [0.29, 0.717) is 6.55 Å². The van der Waals surface area contributed by atoms with E-state index < -0.39 is 88.5 Å². The minimum Gasteiger partial charge on any atom is -0.200 e. The molecule has 0 aliphatic rings. The van der Waals surface area contributed by atoms with E-state index in [9.17, 15) is 52.7 Å². The molecule has 0 bridgehead atoms. The molecule has 0 nitrogen and oxygen atoms in total. The zero-order valence-corrected chi connectivity index (χ0v) is 21.0. The molecule has 0 N–H and O–H groups in total. The van der Waals surface area contributed by atoms with Crippen LogP contribution in [0, 0.1) is 0 Å². The summed E-state index contributed by atoms with van der Waals surface area (Å²) in [5.74, 6) is -33.3. The number of halogens is 12. The van der Waals surface area contributed by atoms with Gasteiger partial charge >= 0.3 is 35.5 Å². The first-order chi connectivity index (χ1) is 13.7. The molecule has 2 unspecified atom stereocenters. The number of alkyl halides is 12. The molecule has 0 saturated heterocycles. The summed E-state index contributed by atoms with van der Waals surface area (Å²) in [4.78, 5) is 0. The van der Waals surface area contributed by atoms with Gasteiger partial charge in [-0.25, -0.2) is 0 Å². The molecule has 0 aromatic carbocycles. The Balaban J connectivity index is 6.16. The molecule has 0 aliphatic carbocycles. The molecule has 0 spiro atoms. The molecular formula is C18H30F12Si2. The average molecular weight is 531 g/mol. The summed E-state index contributed by atoms with van der Waals surface area (Å²) in [6.07, 6.45) is 0. The second kappa shape index (κ2) is 9.33. The first kappa shape index (κ1) is 31.6. The van der Waals surface area contributed by atoms with Gasteiger partial charge in [0.15, 0.2) is 0 Å². The minimum absolute atomic E-state index is 0.419. The quantitative estimate of drug-likeness (QED) is 0.175. The number of hydrogen-bond acceptors (Lipinski definition) is 0. The van der Waals surface area contributed by atoms with Gasteiger partial charge in [0.1, 0.15) is 0 Å². The van der Waals surface area contributed by atoms with E-state index in [1.54, 1.807) is 0 Å². The van der Waals surface area contributed by atoms with Gasteiger partial charge in [-0.3, -0.25) is 0 Å². The summed E-state index contributed by atoms with van der Waals surface area (Å²) < 4.78 is 168. The molecule has 0 saturated carbocycles. The van der Waals surface area contributed by atoms with E-state index in [4.69, 9.17) is 0 Å². The van der Waals surface area contributed by atoms with Crippen molar-refractivity contribution in [2.75, 3.05) is 0 Å². The Morgan fingerprint density at radius 2 is 1.00 bits per heavy atom. The first-order valence-corrected chi connectivity index (χ1v) is 15.6. The number of rotatable bonds is 12. The zero-order valence-electron chi connectivity index (χ0n) is 18.9. The van der Waals surface area contributed by atoms with Crippen molar-refractivity contribution in [2.45, 2.75) is 112 Å². The maximum atomic E-state index is 14.5. The smallest absolute Gasteiger partial charge is 0.200 e. The zero-order chi connectivity index (χ0) is 26.4. The van der Waals surface area contributed by atoms with Crippen molar-refractivity contribution < 1.29 is 52.7 Å². The van der Waals surface area contributed by atoms with E-state index in [-0.39, 0.29) is 0 Å². The molecule has 0 amide bonds. The minimum atomic E-state index is -5.96. The molecular weight excluding hydrogens is 500 g/mol. The monoisotopic (exact) mass is 530 g/mol. The summed E-state index contributed by atoms with van der Waals surface area (Å²) in [6.45, 7) is 6.37. The molecule has 0 aliphatic heterocycles. The summed E-state index contributed by atoms with van der Waals surface area (Å²) in [7, 11) is -7.23. The topological polar surface area (TPSA) is 0 Å². The van der Waals surface area contributed by atoms with Gasteiger partial charge in [-0.1, -0.05) is 51.9 Å². The van der Waals surface area contributed by atoms with Gasteiger partial charge in [-0.2, -0.15) is 52.7 Å². The van der Waals surface area contributed by atoms with E-state index in [0.717, 1.165) is 13.8 Å². The molecule has 194 valence electrons. The third kappa shape index (κ3) is 6.18. The van der Waals surface area contributed by atoms with Crippen LogP contribution in [0.2, 0.25) is 42.3 Å². The summed E-state index contributed by atoms with van der Waals surface area (Å²) >= 11 is 0. The Morgan fingerprint density at radius 1 is 0.656 bits per heavy atom. The standard InChI is InChI=1S/C18H30F12Si2/c1-11(2)31(6)8-14(21,22)18(29,30)16(25,26)10-32(7,12(3)4)9-15(23,24)17(27,28)13(5,19)20/h11-12,31H,8-10H2,1-7H3. The predicted molar refractivity (Wildman–Crippen MR) is 105 cm³/mol. The SMILES string of the molecule is CC(C)[SiH](C)CC(F)(F)C(F)(F)C(F)(F)C[Si](C)(CC(F)(F)C(F)(F)C(C)(F)F)C(C)C. The lowest BCUT2D eigenvalue weighted by Gasteiger charge is -2.42. The highest BCUT2D eigenvalue weighted by molar-refractivity contribution is 6.80. The summed E-state index contributed by atoms with van der Waals surface area (Å²) in [5.41, 5.74) is -1.73. The molecule has 0 rings (SSSR count). The van der Waals surface area contributed by atoms with Crippen LogP contribution in [0.3, 0.4) is 0 Å². The van der Waals surface area contributed by atoms with E-state index in [1.165, 1.54) is 20.4 Å². The van der Waals surface area contributed by atoms with Crippen molar-refractivity contribution in [3.63, 3.8) is 0 Å². The van der Waals surface area contributed by atoms with Crippen LogP contribution in [0.4, 0.5) is 52.7 Å². The Labute approximate surface area is 182 Å². The largest absolute Gasteiger partial charge is 0.371 e. The molecule has 2 atom stereocenters. The highest BCUT2D eigenvalue weighted by atomic mass is 28.3. The fraction of sp³-hybridized carbons (Fsp3) is 1.00. The van der Waals surface area contributed by atoms with Gasteiger partial charge in [-0.15, -0.1) is 0 Å². The molecule has 0 fully saturated rings. The van der Waals surface area contributed by atoms with Crippen LogP contribution >= 0.6 is 0 Å². The Kier molecular flexibility index (Phi) is 9.21. The Morgan fingerprint density at radius 3 is 1.28 bits per heavy atom. The van der Waals surface area contributed by atoms with Crippen molar-refractivity contribution in [1.82, 2.24) is 0 Å². The van der Waals surface area contributed by atoms with E-state index >= 15 is 0 Å². The molecule has 0 aromatic rings. The van der Waals surface area contributed by atoms with Crippen LogP contribution in [-0.2, 0) is 0 Å². The van der Waals surface area contributed by atoms with Crippen LogP contribution in [-0.4, -0.2) is 52.4 Å². The van der Waals surface area contributed by atoms with E-state index in [2.05, 4.69) is 0 Å². The van der Waals surface area contributed by atoms with Crippen LogP contribution < -0.4 is 0 Å². The fourth-order valence-electron chi connectivity index (χ4n) is 3.06. The highest BCUT2D eigenvalue weighted by Crippen LogP contribution is 2.56. The maximum absolute atomic E-state index is 14.5. The van der Waals surface area contributed by atoms with Gasteiger partial charge in [-0.05, 0) is 0 Å². The van der Waals surface area contributed by atoms with Crippen molar-refractivity contribution in [2.24, 2.45) is 0 Å². The van der Waals surface area contributed by atoms with Gasteiger partial charge < -0.3 is 0 Å². The Hall–Kier alpha value is -0.406. The predicted octanol–water partition coefficient (Wildman–Crippen LogP) is 8.57. The van der Waals surface area contributed by atoms with E-state index in [1.807, 2.05) is 0 Å². The van der Waals surface area contributed by atoms with Crippen molar-refractivity contribution in [1.29, 1.82) is 0 Å². The molecule has 14 heteroatoms. The Bertz CT molecular complexity index is 628. The van der Waals surface area contributed by atoms with Crippen molar-refractivity contribution in [3.05, 3.63) is 0 Å². The summed E-state index contributed by atoms with van der Waals surface area (Å²) in [6, 6.07) is -5.88. The second-order valence-corrected chi connectivity index (χ2v) is 18.6. The van der Waals surface area contributed by atoms with Gasteiger partial charge in [0.25, 0.3) is 0 Å². The molecule has 32 heavy (non-hydrogen) atoms. The van der Waals surface area contributed by atoms with Crippen molar-refractivity contribution in [3.8, 4) is 0 Å². The fourth-order valence-corrected chi connectivity index (χ4v) is 8.01. The normalized spacial score (nSPS) is 18.3. The van der Waals surface area contributed by atoms with Crippen LogP contribution in [0.5, 0.6) is 0 Å². The molecule has 0 aromatic heterocycles. The van der Waals surface area contributed by atoms with Gasteiger partial charge in [0.2, 0.25) is 0 Å². The third-order valence-corrected chi connectivity index (χ3v) is 15.0. The van der Waals surface area contributed by atoms with Crippen LogP contribution in [0.1, 0.15) is 34.6 Å². The third-order valence-electron chi connectivity index (χ3n) is 6.29. The lowest BCUT2D eigenvalue weighted by molar-refractivity contribution is -0.299. The van der Waals surface area contributed by atoms with Gasteiger partial charge in [0, 0.05) is 33.9 Å². The van der Waals surface area contributed by atoms with Crippen LogP contribution in [0.15, 0.2) is 0 Å². The lowest BCUT2D eigenvalue weighted by Crippen LogP contribution is -2.61. The number of hydrogen-bond donors (Lipinski definition) is 0. The molecule has 0 radical (unpaired) electrons. The highest BCUT2D eigenvalue weighted by Gasteiger charge is 2.74. The lowest BCUT2D eigenvalue weighted by atomic mass is 10.1. The first-order valence-electron chi connectivity index (χ1n) is 9.95. The summed E-state index contributed by atoms with van der Waals surface area (Å²) in [5, 5.41) is 0. The molecule has 0 heterocycles. The van der Waals surface area contributed by atoms with Gasteiger partial charge in [0.05, 0.1) is 8.07 Å². The van der Waals surface area contributed by atoms with Crippen molar-refractivity contribution >= 4 is 16.9 Å². The maximum Gasteiger partial charge on any atom is 0.371 e.